The van der Waals surface area contributed by atoms with Crippen molar-refractivity contribution in [3.63, 3.8) is 0 Å². The molecule has 0 bridgehead atoms. The van der Waals surface area contributed by atoms with Crippen molar-refractivity contribution < 1.29 is 0 Å². The first-order valence-electron chi connectivity index (χ1n) is 8.61. The molecule has 0 amide bonds. The molecule has 1 aromatic carbocycles. The van der Waals surface area contributed by atoms with Gasteiger partial charge in [-0.1, -0.05) is 33.3 Å². The van der Waals surface area contributed by atoms with Gasteiger partial charge in [-0.3, -0.25) is 4.98 Å². The summed E-state index contributed by atoms with van der Waals surface area (Å²) in [6.45, 7) is 6.83. The van der Waals surface area contributed by atoms with Crippen LogP contribution in [-0.2, 0) is 25.7 Å². The topological polar surface area (TPSA) is 12.9 Å². The molecular weight excluding hydrogens is 254 g/mol. The lowest BCUT2D eigenvalue weighted by Gasteiger charge is -2.13. The van der Waals surface area contributed by atoms with Gasteiger partial charge in [-0.25, -0.2) is 0 Å². The number of hydrogen-bond acceptors (Lipinski definition) is 1. The Bertz CT molecular complexity index is 640. The van der Waals surface area contributed by atoms with Crippen LogP contribution in [0.15, 0.2) is 18.3 Å². The summed E-state index contributed by atoms with van der Waals surface area (Å²) < 4.78 is 0. The molecule has 0 unspecified atom stereocenters. The molecule has 0 saturated heterocycles. The summed E-state index contributed by atoms with van der Waals surface area (Å²) in [5, 5.41) is 2.91. The fraction of sp³-hybridized carbons (Fsp3) is 0.550. The molecule has 0 spiro atoms. The molecule has 1 aliphatic carbocycles. The molecular formula is C20H27N. The van der Waals surface area contributed by atoms with E-state index >= 15 is 0 Å². The molecule has 1 aromatic heterocycles. The van der Waals surface area contributed by atoms with Gasteiger partial charge >= 0.3 is 0 Å². The number of hydrogen-bond donors (Lipinski definition) is 0. The van der Waals surface area contributed by atoms with Crippen molar-refractivity contribution in [3.8, 4) is 0 Å². The monoisotopic (exact) mass is 281 g/mol. The van der Waals surface area contributed by atoms with Crippen LogP contribution >= 0.6 is 0 Å². The number of aromatic nitrogens is 1. The number of fused-ring (bicyclic) bond motifs is 3. The van der Waals surface area contributed by atoms with E-state index in [1.54, 1.807) is 16.7 Å². The molecule has 21 heavy (non-hydrogen) atoms. The SMILES string of the molecule is CCc1cc2c(CCCC(C)C)cc3c(c2cn1)CCC3. The maximum absolute atomic E-state index is 4.65. The van der Waals surface area contributed by atoms with E-state index in [0.717, 1.165) is 12.3 Å². The second kappa shape index (κ2) is 6.17. The van der Waals surface area contributed by atoms with Crippen molar-refractivity contribution in [1.29, 1.82) is 0 Å². The second-order valence-electron chi connectivity index (χ2n) is 6.89. The van der Waals surface area contributed by atoms with Gasteiger partial charge in [0.15, 0.2) is 0 Å². The van der Waals surface area contributed by atoms with E-state index in [1.165, 1.54) is 55.0 Å². The van der Waals surface area contributed by atoms with E-state index in [1.807, 2.05) is 0 Å². The van der Waals surface area contributed by atoms with E-state index in [2.05, 4.69) is 44.1 Å². The van der Waals surface area contributed by atoms with Gasteiger partial charge in [0.05, 0.1) is 0 Å². The van der Waals surface area contributed by atoms with Crippen LogP contribution < -0.4 is 0 Å². The highest BCUT2D eigenvalue weighted by Gasteiger charge is 2.17. The van der Waals surface area contributed by atoms with Crippen molar-refractivity contribution in [3.05, 3.63) is 40.7 Å². The van der Waals surface area contributed by atoms with Gasteiger partial charge < -0.3 is 0 Å². The van der Waals surface area contributed by atoms with Crippen LogP contribution in [0, 0.1) is 5.92 Å². The molecule has 1 nitrogen and oxygen atoms in total. The minimum absolute atomic E-state index is 0.804. The molecule has 1 heterocycles. The zero-order valence-corrected chi connectivity index (χ0v) is 13.7. The molecule has 0 radical (unpaired) electrons. The van der Waals surface area contributed by atoms with Crippen LogP contribution in [0.2, 0.25) is 0 Å². The lowest BCUT2D eigenvalue weighted by Crippen LogP contribution is -1.98. The highest BCUT2D eigenvalue weighted by atomic mass is 14.7. The van der Waals surface area contributed by atoms with Crippen molar-refractivity contribution >= 4 is 10.8 Å². The smallest absolute Gasteiger partial charge is 0.0407 e. The van der Waals surface area contributed by atoms with E-state index in [4.69, 9.17) is 0 Å². The second-order valence-corrected chi connectivity index (χ2v) is 6.89. The van der Waals surface area contributed by atoms with E-state index in [-0.39, 0.29) is 0 Å². The third kappa shape index (κ3) is 2.97. The summed E-state index contributed by atoms with van der Waals surface area (Å²) in [5.74, 6) is 0.804. The van der Waals surface area contributed by atoms with Crippen LogP contribution in [0.1, 0.15) is 62.4 Å². The summed E-state index contributed by atoms with van der Waals surface area (Å²) in [5.41, 5.74) is 5.95. The van der Waals surface area contributed by atoms with Gasteiger partial charge in [-0.15, -0.1) is 0 Å². The van der Waals surface area contributed by atoms with Gasteiger partial charge in [0.25, 0.3) is 0 Å². The van der Waals surface area contributed by atoms with E-state index in [0.29, 0.717) is 0 Å². The molecule has 0 aliphatic heterocycles. The Morgan fingerprint density at radius 1 is 1.14 bits per heavy atom. The predicted molar refractivity (Wildman–Crippen MR) is 90.9 cm³/mol. The Hall–Kier alpha value is -1.37. The fourth-order valence-corrected chi connectivity index (χ4v) is 3.63. The molecule has 1 heteroatoms. The van der Waals surface area contributed by atoms with Crippen LogP contribution in [0.4, 0.5) is 0 Å². The lowest BCUT2D eigenvalue weighted by molar-refractivity contribution is 0.556. The molecule has 0 saturated carbocycles. The van der Waals surface area contributed by atoms with Gasteiger partial charge in [0.1, 0.15) is 0 Å². The third-order valence-electron chi connectivity index (χ3n) is 4.83. The highest BCUT2D eigenvalue weighted by molar-refractivity contribution is 5.90. The Kier molecular flexibility index (Phi) is 4.28. The average molecular weight is 281 g/mol. The van der Waals surface area contributed by atoms with Crippen molar-refractivity contribution in [2.45, 2.75) is 65.7 Å². The fourth-order valence-electron chi connectivity index (χ4n) is 3.63. The first kappa shape index (κ1) is 14.6. The van der Waals surface area contributed by atoms with Gasteiger partial charge in [-0.05, 0) is 72.6 Å². The third-order valence-corrected chi connectivity index (χ3v) is 4.83. The summed E-state index contributed by atoms with van der Waals surface area (Å²) in [6, 6.07) is 4.85. The maximum Gasteiger partial charge on any atom is 0.0407 e. The Labute approximate surface area is 128 Å². The van der Waals surface area contributed by atoms with Crippen LogP contribution in [0.25, 0.3) is 10.8 Å². The standard InChI is InChI=1S/C20H27N/c1-4-17-12-19-16(8-5-7-14(2)3)11-15-9-6-10-18(15)20(19)13-21-17/h11-14H,4-10H2,1-3H3. The van der Waals surface area contributed by atoms with Gasteiger partial charge in [0, 0.05) is 17.3 Å². The molecule has 0 N–H and O–H groups in total. The van der Waals surface area contributed by atoms with Crippen LogP contribution in [0.3, 0.4) is 0 Å². The minimum Gasteiger partial charge on any atom is -0.261 e. The van der Waals surface area contributed by atoms with Crippen LogP contribution in [0.5, 0.6) is 0 Å². The molecule has 2 aromatic rings. The number of pyridine rings is 1. The molecule has 0 atom stereocenters. The number of benzene rings is 1. The first-order chi connectivity index (χ1) is 10.2. The Morgan fingerprint density at radius 2 is 2.00 bits per heavy atom. The van der Waals surface area contributed by atoms with Crippen LogP contribution in [-0.4, -0.2) is 4.98 Å². The summed E-state index contributed by atoms with van der Waals surface area (Å²) in [7, 11) is 0. The number of nitrogens with zero attached hydrogens (tertiary/aromatic N) is 1. The largest absolute Gasteiger partial charge is 0.261 e. The van der Waals surface area contributed by atoms with Gasteiger partial charge in [-0.2, -0.15) is 0 Å². The van der Waals surface area contributed by atoms with Crippen molar-refractivity contribution in [2.24, 2.45) is 5.92 Å². The average Bonchev–Trinajstić information content (AvgIpc) is 2.94. The van der Waals surface area contributed by atoms with Crippen molar-refractivity contribution in [2.75, 3.05) is 0 Å². The molecule has 1 aliphatic rings. The molecule has 3 rings (SSSR count). The quantitative estimate of drug-likeness (QED) is 0.728. The lowest BCUT2D eigenvalue weighted by atomic mass is 9.93. The highest BCUT2D eigenvalue weighted by Crippen LogP contribution is 2.33. The van der Waals surface area contributed by atoms with E-state index < -0.39 is 0 Å². The molecule has 112 valence electrons. The predicted octanol–water partition coefficient (Wildman–Crippen LogP) is 5.26. The van der Waals surface area contributed by atoms with Crippen molar-refractivity contribution in [1.82, 2.24) is 4.98 Å². The first-order valence-corrected chi connectivity index (χ1v) is 8.61. The number of rotatable bonds is 5. The summed E-state index contributed by atoms with van der Waals surface area (Å²) in [4.78, 5) is 4.65. The summed E-state index contributed by atoms with van der Waals surface area (Å²) in [6.07, 6.45) is 10.8. The zero-order valence-electron chi connectivity index (χ0n) is 13.7. The van der Waals surface area contributed by atoms with E-state index in [9.17, 15) is 0 Å². The Balaban J connectivity index is 2.02. The Morgan fingerprint density at radius 3 is 2.76 bits per heavy atom. The van der Waals surface area contributed by atoms with Gasteiger partial charge in [0.2, 0.25) is 0 Å². The number of aryl methyl sites for hydroxylation is 4. The minimum atomic E-state index is 0.804. The summed E-state index contributed by atoms with van der Waals surface area (Å²) >= 11 is 0. The zero-order chi connectivity index (χ0) is 14.8. The normalized spacial score (nSPS) is 14.1. The molecule has 0 fully saturated rings. The maximum atomic E-state index is 4.65.